The number of carbonyl (C=O) groups is 2. The van der Waals surface area contributed by atoms with Gasteiger partial charge in [0, 0.05) is 52.0 Å². The number of benzene rings is 1. The van der Waals surface area contributed by atoms with Crippen LogP contribution in [-0.4, -0.2) is 72.5 Å². The van der Waals surface area contributed by atoms with Crippen molar-refractivity contribution < 1.29 is 14.3 Å². The van der Waals surface area contributed by atoms with Crippen LogP contribution in [-0.2, 0) is 4.74 Å². The molecule has 1 aromatic rings. The molecule has 0 bridgehead atoms. The molecule has 142 valence electrons. The number of amides is 1. The first kappa shape index (κ1) is 19.8. The Hall–Kier alpha value is -2.50. The molecular formula is C20H29N3O3. The van der Waals surface area contributed by atoms with E-state index in [1.807, 2.05) is 81.2 Å². The van der Waals surface area contributed by atoms with Gasteiger partial charge in [0.05, 0.1) is 0 Å². The number of carbonyl (C=O) groups excluding carboxylic acids is 2. The van der Waals surface area contributed by atoms with Crippen LogP contribution in [0.5, 0.6) is 0 Å². The van der Waals surface area contributed by atoms with E-state index in [1.165, 1.54) is 0 Å². The molecule has 0 spiro atoms. The lowest BCUT2D eigenvalue weighted by molar-refractivity contribution is 0.0168. The zero-order chi connectivity index (χ0) is 19.3. The predicted octanol–water partition coefficient (Wildman–Crippen LogP) is 2.83. The molecule has 6 nitrogen and oxygen atoms in total. The summed E-state index contributed by atoms with van der Waals surface area (Å²) in [5.41, 5.74) is 0.799. The lowest BCUT2D eigenvalue weighted by Gasteiger charge is -2.37. The smallest absolute Gasteiger partial charge is 0.410 e. The maximum Gasteiger partial charge on any atom is 0.410 e. The molecule has 1 aromatic carbocycles. The van der Waals surface area contributed by atoms with Gasteiger partial charge in [-0.05, 0) is 20.8 Å². The Kier molecular flexibility index (Phi) is 6.29. The van der Waals surface area contributed by atoms with E-state index in [2.05, 4.69) is 0 Å². The van der Waals surface area contributed by atoms with E-state index < -0.39 is 5.60 Å². The third-order valence-corrected chi connectivity index (χ3v) is 3.92. The fourth-order valence-corrected chi connectivity index (χ4v) is 2.72. The molecule has 1 heterocycles. The molecular weight excluding hydrogens is 330 g/mol. The van der Waals surface area contributed by atoms with Gasteiger partial charge in [0.25, 0.3) is 0 Å². The highest BCUT2D eigenvalue weighted by Crippen LogP contribution is 2.18. The molecule has 1 aliphatic heterocycles. The second-order valence-electron chi connectivity index (χ2n) is 7.63. The van der Waals surface area contributed by atoms with Crippen LogP contribution in [0, 0.1) is 0 Å². The molecule has 1 aliphatic rings. The second kappa shape index (κ2) is 8.25. The number of hydrogen-bond donors (Lipinski definition) is 0. The SMILES string of the molecule is CN(C)/C=C(\C(=O)c1ccccc1)N1CCN(C(=O)OC(C)(C)C)CC1. The van der Waals surface area contributed by atoms with E-state index >= 15 is 0 Å². The van der Waals surface area contributed by atoms with Gasteiger partial charge >= 0.3 is 6.09 Å². The van der Waals surface area contributed by atoms with Gasteiger partial charge in [-0.25, -0.2) is 4.79 Å². The van der Waals surface area contributed by atoms with Gasteiger partial charge in [-0.2, -0.15) is 0 Å². The van der Waals surface area contributed by atoms with Gasteiger partial charge in [0.1, 0.15) is 11.3 Å². The van der Waals surface area contributed by atoms with E-state index in [-0.39, 0.29) is 11.9 Å². The molecule has 0 aromatic heterocycles. The van der Waals surface area contributed by atoms with Crippen LogP contribution in [0.1, 0.15) is 31.1 Å². The van der Waals surface area contributed by atoms with Crippen LogP contribution in [0.25, 0.3) is 0 Å². The maximum atomic E-state index is 12.9. The molecule has 2 rings (SSSR count). The molecule has 0 N–H and O–H groups in total. The first-order valence-corrected chi connectivity index (χ1v) is 8.88. The van der Waals surface area contributed by atoms with Crippen molar-refractivity contribution in [3.8, 4) is 0 Å². The zero-order valence-electron chi connectivity index (χ0n) is 16.4. The molecule has 6 heteroatoms. The summed E-state index contributed by atoms with van der Waals surface area (Å²) in [6, 6.07) is 9.26. The maximum absolute atomic E-state index is 12.9. The Morgan fingerprint density at radius 3 is 2.04 bits per heavy atom. The number of ether oxygens (including phenoxy) is 1. The van der Waals surface area contributed by atoms with Gasteiger partial charge in [-0.3, -0.25) is 4.79 Å². The van der Waals surface area contributed by atoms with E-state index in [9.17, 15) is 9.59 Å². The predicted molar refractivity (Wildman–Crippen MR) is 102 cm³/mol. The van der Waals surface area contributed by atoms with Crippen molar-refractivity contribution >= 4 is 11.9 Å². The van der Waals surface area contributed by atoms with Crippen molar-refractivity contribution in [1.29, 1.82) is 0 Å². The molecule has 1 saturated heterocycles. The molecule has 1 fully saturated rings. The van der Waals surface area contributed by atoms with Gasteiger partial charge in [0.2, 0.25) is 5.78 Å². The van der Waals surface area contributed by atoms with Crippen LogP contribution < -0.4 is 0 Å². The van der Waals surface area contributed by atoms with Crippen molar-refractivity contribution in [1.82, 2.24) is 14.7 Å². The van der Waals surface area contributed by atoms with Crippen molar-refractivity contribution in [2.75, 3.05) is 40.3 Å². The van der Waals surface area contributed by atoms with Crippen LogP contribution in [0.15, 0.2) is 42.2 Å². The van der Waals surface area contributed by atoms with Crippen LogP contribution >= 0.6 is 0 Å². The van der Waals surface area contributed by atoms with Crippen LogP contribution in [0.2, 0.25) is 0 Å². The Morgan fingerprint density at radius 1 is 1.00 bits per heavy atom. The Balaban J connectivity index is 2.08. The van der Waals surface area contributed by atoms with Crippen molar-refractivity contribution in [2.45, 2.75) is 26.4 Å². The third kappa shape index (κ3) is 5.51. The largest absolute Gasteiger partial charge is 0.444 e. The minimum Gasteiger partial charge on any atom is -0.444 e. The van der Waals surface area contributed by atoms with E-state index in [0.29, 0.717) is 37.4 Å². The lowest BCUT2D eigenvalue weighted by atomic mass is 10.1. The number of hydrogen-bond acceptors (Lipinski definition) is 5. The molecule has 0 unspecified atom stereocenters. The number of ketones is 1. The minimum atomic E-state index is -0.506. The van der Waals surface area contributed by atoms with E-state index in [1.54, 1.807) is 4.90 Å². The molecule has 26 heavy (non-hydrogen) atoms. The second-order valence-corrected chi connectivity index (χ2v) is 7.63. The van der Waals surface area contributed by atoms with Crippen molar-refractivity contribution in [3.05, 3.63) is 47.8 Å². The highest BCUT2D eigenvalue weighted by atomic mass is 16.6. The first-order valence-electron chi connectivity index (χ1n) is 8.88. The Morgan fingerprint density at radius 2 is 1.54 bits per heavy atom. The van der Waals surface area contributed by atoms with Crippen LogP contribution in [0.4, 0.5) is 4.79 Å². The average Bonchev–Trinajstić information content (AvgIpc) is 2.58. The summed E-state index contributed by atoms with van der Waals surface area (Å²) in [6.07, 6.45) is 1.54. The van der Waals surface area contributed by atoms with Gasteiger partial charge in [0.15, 0.2) is 0 Å². The van der Waals surface area contributed by atoms with E-state index in [4.69, 9.17) is 4.74 Å². The first-order chi connectivity index (χ1) is 12.2. The number of Topliss-reactive ketones (excluding diaryl/α,β-unsaturated/α-hetero) is 1. The summed E-state index contributed by atoms with van der Waals surface area (Å²) in [6.45, 7) is 7.82. The summed E-state index contributed by atoms with van der Waals surface area (Å²) in [4.78, 5) is 30.8. The lowest BCUT2D eigenvalue weighted by Crippen LogP contribution is -2.50. The molecule has 1 amide bonds. The molecule has 0 atom stereocenters. The Labute approximate surface area is 156 Å². The number of nitrogens with zero attached hydrogens (tertiary/aromatic N) is 3. The molecule has 0 aliphatic carbocycles. The number of rotatable bonds is 4. The summed E-state index contributed by atoms with van der Waals surface area (Å²) in [5.74, 6) is -0.00924. The number of allylic oxidation sites excluding steroid dienone is 1. The van der Waals surface area contributed by atoms with Crippen molar-refractivity contribution in [3.63, 3.8) is 0 Å². The van der Waals surface area contributed by atoms with Crippen LogP contribution in [0.3, 0.4) is 0 Å². The van der Waals surface area contributed by atoms with Gasteiger partial charge < -0.3 is 19.4 Å². The summed E-state index contributed by atoms with van der Waals surface area (Å²) in [7, 11) is 3.80. The molecule has 0 radical (unpaired) electrons. The third-order valence-electron chi connectivity index (χ3n) is 3.92. The Bertz CT molecular complexity index is 655. The number of piperazine rings is 1. The van der Waals surface area contributed by atoms with Gasteiger partial charge in [-0.15, -0.1) is 0 Å². The summed E-state index contributed by atoms with van der Waals surface area (Å²) in [5, 5.41) is 0. The summed E-state index contributed by atoms with van der Waals surface area (Å²) >= 11 is 0. The molecule has 0 saturated carbocycles. The van der Waals surface area contributed by atoms with Gasteiger partial charge in [-0.1, -0.05) is 30.3 Å². The summed E-state index contributed by atoms with van der Waals surface area (Å²) < 4.78 is 5.43. The highest BCUT2D eigenvalue weighted by Gasteiger charge is 2.28. The zero-order valence-corrected chi connectivity index (χ0v) is 16.4. The standard InChI is InChI=1S/C20H29N3O3/c1-20(2,3)26-19(25)23-13-11-22(12-14-23)17(15-21(4)5)18(24)16-9-7-6-8-10-16/h6-10,15H,11-14H2,1-5H3/b17-15+. The topological polar surface area (TPSA) is 53.1 Å². The monoisotopic (exact) mass is 359 g/mol. The quantitative estimate of drug-likeness (QED) is 0.611. The highest BCUT2D eigenvalue weighted by molar-refractivity contribution is 6.08. The minimum absolute atomic E-state index is 0.00924. The fraction of sp³-hybridized carbons (Fsp3) is 0.500. The van der Waals surface area contributed by atoms with E-state index in [0.717, 1.165) is 0 Å². The normalized spacial score (nSPS) is 15.7. The fourth-order valence-electron chi connectivity index (χ4n) is 2.72. The van der Waals surface area contributed by atoms with Crippen molar-refractivity contribution in [2.24, 2.45) is 0 Å². The average molecular weight is 359 g/mol.